The van der Waals surface area contributed by atoms with Crippen molar-refractivity contribution in [2.24, 2.45) is 0 Å². The summed E-state index contributed by atoms with van der Waals surface area (Å²) in [6, 6.07) is 4.17. The molecule has 0 amide bonds. The summed E-state index contributed by atoms with van der Waals surface area (Å²) in [4.78, 5) is 10.8. The molecule has 19 heavy (non-hydrogen) atoms. The Kier molecular flexibility index (Phi) is 3.11. The highest BCUT2D eigenvalue weighted by Gasteiger charge is 2.17. The predicted octanol–water partition coefficient (Wildman–Crippen LogP) is 2.55. The molecule has 0 spiro atoms. The van der Waals surface area contributed by atoms with Crippen molar-refractivity contribution in [3.63, 3.8) is 0 Å². The van der Waals surface area contributed by atoms with Crippen LogP contribution in [0.3, 0.4) is 0 Å². The quantitative estimate of drug-likeness (QED) is 0.917. The molecule has 0 atom stereocenters. The van der Waals surface area contributed by atoms with Crippen LogP contribution in [0.2, 0.25) is 0 Å². The molecule has 2 heterocycles. The molecule has 2 aromatic rings. The van der Waals surface area contributed by atoms with Gasteiger partial charge in [0, 0.05) is 18.6 Å². The smallest absolute Gasteiger partial charge is 0.337 e. The molecule has 5 heteroatoms. The summed E-state index contributed by atoms with van der Waals surface area (Å²) in [6.45, 7) is 0.618. The van der Waals surface area contributed by atoms with Crippen LogP contribution >= 0.6 is 0 Å². The van der Waals surface area contributed by atoms with Gasteiger partial charge in [-0.3, -0.25) is 4.68 Å². The molecule has 1 aliphatic rings. The molecule has 0 aliphatic heterocycles. The third-order valence-electron chi connectivity index (χ3n) is 3.70. The van der Waals surface area contributed by atoms with E-state index in [2.05, 4.69) is 9.78 Å². The molecular formula is C14H17N3O2. The lowest BCUT2D eigenvalue weighted by Gasteiger charge is -2.08. The van der Waals surface area contributed by atoms with Crippen molar-refractivity contribution in [3.8, 4) is 0 Å². The minimum Gasteiger partial charge on any atom is -0.478 e. The molecule has 0 aromatic carbocycles. The Morgan fingerprint density at radius 1 is 1.32 bits per heavy atom. The normalized spacial score (nSPS) is 16.0. The molecule has 1 saturated carbocycles. The second-order valence-corrected chi connectivity index (χ2v) is 5.10. The number of hydrogen-bond donors (Lipinski definition) is 1. The molecule has 0 radical (unpaired) electrons. The average molecular weight is 259 g/mol. The van der Waals surface area contributed by atoms with Crippen LogP contribution in [-0.4, -0.2) is 25.4 Å². The summed E-state index contributed by atoms with van der Waals surface area (Å²) in [5.74, 6) is -0.893. The van der Waals surface area contributed by atoms with E-state index in [9.17, 15) is 4.79 Å². The van der Waals surface area contributed by atoms with E-state index in [1.54, 1.807) is 18.5 Å². The van der Waals surface area contributed by atoms with Crippen molar-refractivity contribution in [2.45, 2.75) is 38.3 Å². The molecule has 0 saturated heterocycles. The SMILES string of the molecule is O=C(O)c1ccn(Cc2ccn(C3CCCC3)n2)c1. The summed E-state index contributed by atoms with van der Waals surface area (Å²) < 4.78 is 3.91. The lowest BCUT2D eigenvalue weighted by atomic mass is 10.3. The highest BCUT2D eigenvalue weighted by molar-refractivity contribution is 5.87. The Hall–Kier alpha value is -2.04. The van der Waals surface area contributed by atoms with Crippen LogP contribution in [0.4, 0.5) is 0 Å². The number of aromatic nitrogens is 3. The average Bonchev–Trinajstić information content (AvgIpc) is 3.09. The first-order chi connectivity index (χ1) is 9.22. The van der Waals surface area contributed by atoms with Crippen molar-refractivity contribution in [1.29, 1.82) is 0 Å². The predicted molar refractivity (Wildman–Crippen MR) is 70.2 cm³/mol. The number of nitrogens with zero attached hydrogens (tertiary/aromatic N) is 3. The highest BCUT2D eigenvalue weighted by atomic mass is 16.4. The molecule has 1 aliphatic carbocycles. The first-order valence-electron chi connectivity index (χ1n) is 6.65. The lowest BCUT2D eigenvalue weighted by Crippen LogP contribution is -2.06. The Balaban J connectivity index is 1.70. The summed E-state index contributed by atoms with van der Waals surface area (Å²) in [5, 5.41) is 13.5. The summed E-state index contributed by atoms with van der Waals surface area (Å²) in [5.41, 5.74) is 1.29. The highest BCUT2D eigenvalue weighted by Crippen LogP contribution is 2.28. The van der Waals surface area contributed by atoms with Gasteiger partial charge in [-0.15, -0.1) is 0 Å². The Bertz CT molecular complexity index is 579. The molecule has 0 unspecified atom stereocenters. The molecule has 5 nitrogen and oxygen atoms in total. The van der Waals surface area contributed by atoms with E-state index in [-0.39, 0.29) is 0 Å². The first-order valence-corrected chi connectivity index (χ1v) is 6.65. The number of hydrogen-bond acceptors (Lipinski definition) is 2. The zero-order valence-electron chi connectivity index (χ0n) is 10.7. The lowest BCUT2D eigenvalue weighted by molar-refractivity contribution is 0.0697. The van der Waals surface area contributed by atoms with Gasteiger partial charge in [0.25, 0.3) is 0 Å². The van der Waals surface area contributed by atoms with E-state index in [1.807, 2.05) is 16.8 Å². The fourth-order valence-corrected chi connectivity index (χ4v) is 2.69. The van der Waals surface area contributed by atoms with Crippen LogP contribution in [0.1, 0.15) is 47.8 Å². The van der Waals surface area contributed by atoms with Gasteiger partial charge < -0.3 is 9.67 Å². The third kappa shape index (κ3) is 2.54. The van der Waals surface area contributed by atoms with Gasteiger partial charge >= 0.3 is 5.97 Å². The minimum atomic E-state index is -0.893. The summed E-state index contributed by atoms with van der Waals surface area (Å²) in [7, 11) is 0. The number of carboxylic acids is 1. The summed E-state index contributed by atoms with van der Waals surface area (Å²) >= 11 is 0. The molecular weight excluding hydrogens is 242 g/mol. The van der Waals surface area contributed by atoms with Crippen LogP contribution in [0.25, 0.3) is 0 Å². The van der Waals surface area contributed by atoms with E-state index in [1.165, 1.54) is 25.7 Å². The molecule has 100 valence electrons. The van der Waals surface area contributed by atoms with Gasteiger partial charge in [-0.2, -0.15) is 5.10 Å². The van der Waals surface area contributed by atoms with Crippen molar-refractivity contribution >= 4 is 5.97 Å². The Morgan fingerprint density at radius 2 is 2.11 bits per heavy atom. The Labute approximate surface area is 111 Å². The zero-order chi connectivity index (χ0) is 13.2. The maximum absolute atomic E-state index is 10.8. The fraction of sp³-hybridized carbons (Fsp3) is 0.429. The second-order valence-electron chi connectivity index (χ2n) is 5.10. The van der Waals surface area contributed by atoms with Gasteiger partial charge in [0.2, 0.25) is 0 Å². The second kappa shape index (κ2) is 4.91. The summed E-state index contributed by atoms with van der Waals surface area (Å²) in [6.07, 6.45) is 10.5. The molecule has 0 bridgehead atoms. The van der Waals surface area contributed by atoms with Crippen LogP contribution in [-0.2, 0) is 6.54 Å². The monoisotopic (exact) mass is 259 g/mol. The number of aromatic carboxylic acids is 1. The van der Waals surface area contributed by atoms with Crippen LogP contribution in [0, 0.1) is 0 Å². The van der Waals surface area contributed by atoms with Gasteiger partial charge in [-0.1, -0.05) is 12.8 Å². The van der Waals surface area contributed by atoms with E-state index in [4.69, 9.17) is 5.11 Å². The van der Waals surface area contributed by atoms with Crippen LogP contribution in [0.15, 0.2) is 30.7 Å². The van der Waals surface area contributed by atoms with Crippen molar-refractivity contribution in [2.75, 3.05) is 0 Å². The third-order valence-corrected chi connectivity index (χ3v) is 3.70. The molecule has 2 aromatic heterocycles. The van der Waals surface area contributed by atoms with Crippen LogP contribution in [0.5, 0.6) is 0 Å². The first kappa shape index (κ1) is 12.0. The van der Waals surface area contributed by atoms with Gasteiger partial charge in [-0.25, -0.2) is 4.79 Å². The van der Waals surface area contributed by atoms with Crippen molar-refractivity contribution in [3.05, 3.63) is 42.0 Å². The largest absolute Gasteiger partial charge is 0.478 e. The van der Waals surface area contributed by atoms with E-state index < -0.39 is 5.97 Å². The van der Waals surface area contributed by atoms with Crippen molar-refractivity contribution in [1.82, 2.24) is 14.3 Å². The number of carboxylic acid groups (broad SMARTS) is 1. The van der Waals surface area contributed by atoms with Gasteiger partial charge in [0.05, 0.1) is 23.8 Å². The number of carbonyl (C=O) groups is 1. The van der Waals surface area contributed by atoms with E-state index in [0.29, 0.717) is 18.2 Å². The Morgan fingerprint density at radius 3 is 2.79 bits per heavy atom. The molecule has 1 N–H and O–H groups in total. The van der Waals surface area contributed by atoms with Gasteiger partial charge in [0.15, 0.2) is 0 Å². The van der Waals surface area contributed by atoms with E-state index in [0.717, 1.165) is 5.69 Å². The van der Waals surface area contributed by atoms with Gasteiger partial charge in [-0.05, 0) is 25.0 Å². The molecule has 3 rings (SSSR count). The van der Waals surface area contributed by atoms with E-state index >= 15 is 0 Å². The fourth-order valence-electron chi connectivity index (χ4n) is 2.69. The number of rotatable bonds is 4. The zero-order valence-corrected chi connectivity index (χ0v) is 10.7. The minimum absolute atomic E-state index is 0.315. The van der Waals surface area contributed by atoms with Gasteiger partial charge in [0.1, 0.15) is 0 Å². The standard InChI is InChI=1S/C14H17N3O2/c18-14(19)11-5-7-16(9-11)10-12-6-8-17(15-12)13-3-1-2-4-13/h5-9,13H,1-4,10H2,(H,18,19). The topological polar surface area (TPSA) is 60.0 Å². The van der Waals surface area contributed by atoms with Crippen LogP contribution < -0.4 is 0 Å². The maximum atomic E-state index is 10.8. The van der Waals surface area contributed by atoms with Crippen molar-refractivity contribution < 1.29 is 9.90 Å². The molecule has 1 fully saturated rings. The maximum Gasteiger partial charge on any atom is 0.337 e.